The van der Waals surface area contributed by atoms with Crippen LogP contribution in [0.25, 0.3) is 0 Å². The van der Waals surface area contributed by atoms with Crippen molar-refractivity contribution in [3.8, 4) is 0 Å². The lowest BCUT2D eigenvalue weighted by atomic mass is 10.0. The molecule has 0 spiro atoms. The Labute approximate surface area is 125 Å². The van der Waals surface area contributed by atoms with Gasteiger partial charge >= 0.3 is 0 Å². The molecule has 1 saturated carbocycles. The Morgan fingerprint density at radius 3 is 2.80 bits per heavy atom. The van der Waals surface area contributed by atoms with Crippen LogP contribution in [0.15, 0.2) is 30.3 Å². The zero-order valence-electron chi connectivity index (χ0n) is 11.9. The van der Waals surface area contributed by atoms with Crippen molar-refractivity contribution in [3.05, 3.63) is 35.9 Å². The molecule has 108 valence electrons. The lowest BCUT2D eigenvalue weighted by molar-refractivity contribution is -0.123. The first-order chi connectivity index (χ1) is 9.74. The molecule has 2 fully saturated rings. The van der Waals surface area contributed by atoms with E-state index in [1.165, 1.54) is 5.56 Å². The topological polar surface area (TPSA) is 32.3 Å². The van der Waals surface area contributed by atoms with E-state index >= 15 is 0 Å². The van der Waals surface area contributed by atoms with Crippen LogP contribution in [0.5, 0.6) is 0 Å². The average Bonchev–Trinajstić information content (AvgIpc) is 3.23. The van der Waals surface area contributed by atoms with E-state index in [1.807, 2.05) is 17.8 Å². The summed E-state index contributed by atoms with van der Waals surface area (Å²) in [6.45, 7) is 3.79. The van der Waals surface area contributed by atoms with Crippen LogP contribution in [0.3, 0.4) is 0 Å². The van der Waals surface area contributed by atoms with Gasteiger partial charge in [0.05, 0.1) is 6.54 Å². The fourth-order valence-electron chi connectivity index (χ4n) is 2.88. The highest BCUT2D eigenvalue weighted by atomic mass is 32.2. The maximum atomic E-state index is 12.1. The highest BCUT2D eigenvalue weighted by Crippen LogP contribution is 2.35. The summed E-state index contributed by atoms with van der Waals surface area (Å²) in [5.74, 6) is 1.30. The smallest absolute Gasteiger partial charge is 0.234 e. The van der Waals surface area contributed by atoms with Gasteiger partial charge in [-0.25, -0.2) is 0 Å². The van der Waals surface area contributed by atoms with Gasteiger partial charge in [-0.1, -0.05) is 37.3 Å². The summed E-state index contributed by atoms with van der Waals surface area (Å²) in [6.07, 6.45) is 2.31. The number of hydrogen-bond donors (Lipinski definition) is 1. The number of amides is 1. The van der Waals surface area contributed by atoms with Gasteiger partial charge in [-0.3, -0.25) is 9.69 Å². The standard InChI is InChI=1S/C16H22N2OS/c1-12-16(13-5-3-2-4-6-13)18(9-10-20-12)11-15(19)17-14-7-8-14/h2-6,12,14,16H,7-11H2,1H3,(H,17,19)/t12-,16-/m1/s1. The van der Waals surface area contributed by atoms with Crippen molar-refractivity contribution < 1.29 is 4.79 Å². The monoisotopic (exact) mass is 290 g/mol. The normalized spacial score (nSPS) is 27.2. The second-order valence-electron chi connectivity index (χ2n) is 5.74. The summed E-state index contributed by atoms with van der Waals surface area (Å²) >= 11 is 2.00. The van der Waals surface area contributed by atoms with E-state index < -0.39 is 0 Å². The van der Waals surface area contributed by atoms with Crippen molar-refractivity contribution in [2.75, 3.05) is 18.8 Å². The molecular formula is C16H22N2OS. The van der Waals surface area contributed by atoms with Crippen molar-refractivity contribution in [2.45, 2.75) is 37.1 Å². The molecular weight excluding hydrogens is 268 g/mol. The van der Waals surface area contributed by atoms with Crippen molar-refractivity contribution >= 4 is 17.7 Å². The van der Waals surface area contributed by atoms with Crippen LogP contribution in [0.2, 0.25) is 0 Å². The van der Waals surface area contributed by atoms with E-state index in [2.05, 4.69) is 41.4 Å². The zero-order chi connectivity index (χ0) is 13.9. The number of hydrogen-bond acceptors (Lipinski definition) is 3. The number of nitrogens with zero attached hydrogens (tertiary/aromatic N) is 1. The minimum absolute atomic E-state index is 0.188. The van der Waals surface area contributed by atoms with Crippen molar-refractivity contribution in [2.24, 2.45) is 0 Å². The molecule has 20 heavy (non-hydrogen) atoms. The number of thioether (sulfide) groups is 1. The molecule has 2 atom stereocenters. The minimum atomic E-state index is 0.188. The highest BCUT2D eigenvalue weighted by Gasteiger charge is 2.32. The van der Waals surface area contributed by atoms with Gasteiger partial charge in [0, 0.05) is 29.6 Å². The Bertz CT molecular complexity index is 461. The first-order valence-corrected chi connectivity index (χ1v) is 8.49. The van der Waals surface area contributed by atoms with Crippen molar-refractivity contribution in [3.63, 3.8) is 0 Å². The first-order valence-electron chi connectivity index (χ1n) is 7.44. The summed E-state index contributed by atoms with van der Waals surface area (Å²) in [7, 11) is 0. The predicted molar refractivity (Wildman–Crippen MR) is 83.8 cm³/mol. The molecule has 1 aromatic rings. The Kier molecular flexibility index (Phi) is 4.32. The third-order valence-electron chi connectivity index (χ3n) is 4.03. The number of benzene rings is 1. The zero-order valence-corrected chi connectivity index (χ0v) is 12.7. The molecule has 1 aromatic carbocycles. The van der Waals surface area contributed by atoms with Gasteiger partial charge in [0.1, 0.15) is 0 Å². The Hall–Kier alpha value is -1.00. The van der Waals surface area contributed by atoms with Gasteiger partial charge < -0.3 is 5.32 Å². The lowest BCUT2D eigenvalue weighted by Crippen LogP contribution is -2.46. The summed E-state index contributed by atoms with van der Waals surface area (Å²) in [6, 6.07) is 11.4. The molecule has 3 nitrogen and oxygen atoms in total. The number of rotatable bonds is 4. The number of carbonyl (C=O) groups excluding carboxylic acids is 1. The lowest BCUT2D eigenvalue weighted by Gasteiger charge is -2.39. The molecule has 2 aliphatic rings. The molecule has 4 heteroatoms. The molecule has 1 aliphatic carbocycles. The summed E-state index contributed by atoms with van der Waals surface area (Å²) < 4.78 is 0. The average molecular weight is 290 g/mol. The van der Waals surface area contributed by atoms with Crippen molar-refractivity contribution in [1.82, 2.24) is 10.2 Å². The first kappa shape index (κ1) is 14.0. The van der Waals surface area contributed by atoms with Crippen LogP contribution < -0.4 is 5.32 Å². The Balaban J connectivity index is 1.70. The minimum Gasteiger partial charge on any atom is -0.352 e. The molecule has 1 heterocycles. The van der Waals surface area contributed by atoms with Gasteiger partial charge in [0.15, 0.2) is 0 Å². The quantitative estimate of drug-likeness (QED) is 0.924. The van der Waals surface area contributed by atoms with Crippen LogP contribution in [0.1, 0.15) is 31.4 Å². The molecule has 0 bridgehead atoms. The van der Waals surface area contributed by atoms with Gasteiger partial charge in [-0.05, 0) is 18.4 Å². The highest BCUT2D eigenvalue weighted by molar-refractivity contribution is 8.00. The van der Waals surface area contributed by atoms with E-state index in [-0.39, 0.29) is 5.91 Å². The van der Waals surface area contributed by atoms with Gasteiger partial charge in [0.2, 0.25) is 5.91 Å². The molecule has 1 saturated heterocycles. The van der Waals surface area contributed by atoms with E-state index in [0.29, 0.717) is 23.9 Å². The predicted octanol–water partition coefficient (Wildman–Crippen LogP) is 2.44. The fraction of sp³-hybridized carbons (Fsp3) is 0.562. The molecule has 3 rings (SSSR count). The third kappa shape index (κ3) is 3.36. The second kappa shape index (κ2) is 6.19. The fourth-order valence-corrected chi connectivity index (χ4v) is 4.10. The number of carbonyl (C=O) groups is 1. The van der Waals surface area contributed by atoms with Gasteiger partial charge in [-0.2, -0.15) is 11.8 Å². The van der Waals surface area contributed by atoms with Gasteiger partial charge in [0.25, 0.3) is 0 Å². The molecule has 0 radical (unpaired) electrons. The van der Waals surface area contributed by atoms with Crippen LogP contribution >= 0.6 is 11.8 Å². The maximum Gasteiger partial charge on any atom is 0.234 e. The van der Waals surface area contributed by atoms with Crippen LogP contribution in [-0.2, 0) is 4.79 Å². The molecule has 0 aromatic heterocycles. The Morgan fingerprint density at radius 1 is 1.35 bits per heavy atom. The molecule has 1 N–H and O–H groups in total. The van der Waals surface area contributed by atoms with Crippen LogP contribution in [0.4, 0.5) is 0 Å². The maximum absolute atomic E-state index is 12.1. The molecule has 1 amide bonds. The van der Waals surface area contributed by atoms with E-state index in [1.54, 1.807) is 0 Å². The van der Waals surface area contributed by atoms with Gasteiger partial charge in [-0.15, -0.1) is 0 Å². The van der Waals surface area contributed by atoms with E-state index in [4.69, 9.17) is 0 Å². The summed E-state index contributed by atoms with van der Waals surface area (Å²) in [5, 5.41) is 3.63. The van der Waals surface area contributed by atoms with E-state index in [0.717, 1.165) is 25.1 Å². The van der Waals surface area contributed by atoms with Crippen LogP contribution in [0, 0.1) is 0 Å². The molecule has 0 unspecified atom stereocenters. The number of nitrogens with one attached hydrogen (secondary N) is 1. The SMILES string of the molecule is C[C@H]1SCCN(CC(=O)NC2CC2)[C@H]1c1ccccc1. The summed E-state index contributed by atoms with van der Waals surface area (Å²) in [4.78, 5) is 14.4. The van der Waals surface area contributed by atoms with Crippen molar-refractivity contribution in [1.29, 1.82) is 0 Å². The van der Waals surface area contributed by atoms with Crippen LogP contribution in [-0.4, -0.2) is 40.9 Å². The second-order valence-corrected chi connectivity index (χ2v) is 7.23. The van der Waals surface area contributed by atoms with E-state index in [9.17, 15) is 4.79 Å². The third-order valence-corrected chi connectivity index (χ3v) is 5.23. The molecule has 1 aliphatic heterocycles. The summed E-state index contributed by atoms with van der Waals surface area (Å²) in [5.41, 5.74) is 1.33. The largest absolute Gasteiger partial charge is 0.352 e. The Morgan fingerprint density at radius 2 is 2.10 bits per heavy atom.